The van der Waals surface area contributed by atoms with E-state index >= 15 is 0 Å². The van der Waals surface area contributed by atoms with Crippen molar-refractivity contribution in [3.05, 3.63) is 28.8 Å². The number of nitrogens with one attached hydrogen (secondary N) is 2. The number of alkyl halides is 3. The number of anilines is 3. The Kier molecular flexibility index (Phi) is 8.44. The molecule has 0 unspecified atom stereocenters. The highest BCUT2D eigenvalue weighted by Crippen LogP contribution is 2.36. The first-order valence-electron chi connectivity index (χ1n) is 12.3. The molecule has 2 N–H and O–H groups in total. The van der Waals surface area contributed by atoms with E-state index in [9.17, 15) is 18.0 Å². The highest BCUT2D eigenvalue weighted by molar-refractivity contribution is 7.15. The van der Waals surface area contributed by atoms with Crippen LogP contribution in [-0.2, 0) is 22.2 Å². The van der Waals surface area contributed by atoms with Gasteiger partial charge >= 0.3 is 12.3 Å². The molecule has 2 aromatic rings. The molecule has 0 spiro atoms. The summed E-state index contributed by atoms with van der Waals surface area (Å²) in [7, 11) is 0. The maximum Gasteiger partial charge on any atom is 0.427 e. The van der Waals surface area contributed by atoms with Gasteiger partial charge in [0.15, 0.2) is 5.13 Å². The molecule has 4 heterocycles. The molecule has 0 bridgehead atoms. The average molecular weight is 543 g/mol. The summed E-state index contributed by atoms with van der Waals surface area (Å²) in [5.41, 5.74) is 0.379. The van der Waals surface area contributed by atoms with E-state index in [1.54, 1.807) is 4.90 Å². The number of amides is 1. The van der Waals surface area contributed by atoms with Crippen LogP contribution in [0.3, 0.4) is 0 Å². The number of morpholine rings is 1. The van der Waals surface area contributed by atoms with Crippen LogP contribution in [0.25, 0.3) is 0 Å². The molecule has 0 radical (unpaired) electrons. The molecule has 1 amide bonds. The summed E-state index contributed by atoms with van der Waals surface area (Å²) >= 11 is 0.533. The fourth-order valence-corrected chi connectivity index (χ4v) is 4.89. The van der Waals surface area contributed by atoms with Gasteiger partial charge in [-0.2, -0.15) is 13.2 Å². The first-order chi connectivity index (χ1) is 17.4. The number of thiazole rings is 1. The Morgan fingerprint density at radius 3 is 2.59 bits per heavy atom. The molecular formula is C24H33F3N6O3S. The first-order valence-corrected chi connectivity index (χ1v) is 13.1. The number of carbonyl (C=O) groups excluding carboxylic acids is 1. The molecule has 2 aliphatic heterocycles. The molecule has 13 heteroatoms. The lowest BCUT2D eigenvalue weighted by Gasteiger charge is -2.34. The largest absolute Gasteiger partial charge is 0.444 e. The van der Waals surface area contributed by atoms with Crippen molar-refractivity contribution in [2.24, 2.45) is 0 Å². The Labute approximate surface area is 218 Å². The summed E-state index contributed by atoms with van der Waals surface area (Å²) in [4.78, 5) is 24.2. The quantitative estimate of drug-likeness (QED) is 0.530. The van der Waals surface area contributed by atoms with E-state index in [1.807, 2.05) is 32.9 Å². The van der Waals surface area contributed by atoms with E-state index < -0.39 is 16.7 Å². The van der Waals surface area contributed by atoms with Crippen LogP contribution in [-0.4, -0.2) is 76.9 Å². The van der Waals surface area contributed by atoms with E-state index in [-0.39, 0.29) is 17.3 Å². The number of ether oxygens (including phenoxy) is 2. The molecule has 2 aliphatic rings. The van der Waals surface area contributed by atoms with Gasteiger partial charge in [-0.1, -0.05) is 11.3 Å². The van der Waals surface area contributed by atoms with Gasteiger partial charge in [0, 0.05) is 38.8 Å². The van der Waals surface area contributed by atoms with Gasteiger partial charge in [0.1, 0.15) is 22.1 Å². The third-order valence-electron chi connectivity index (χ3n) is 5.84. The topological polar surface area (TPSA) is 91.9 Å². The van der Waals surface area contributed by atoms with Gasteiger partial charge in [0.05, 0.1) is 19.4 Å². The second-order valence-corrected chi connectivity index (χ2v) is 11.2. The lowest BCUT2D eigenvalue weighted by atomic mass is 10.1. The van der Waals surface area contributed by atoms with E-state index in [2.05, 4.69) is 25.5 Å². The number of piperidine rings is 1. The zero-order valence-corrected chi connectivity index (χ0v) is 22.0. The number of likely N-dealkylation sites (tertiary alicyclic amines) is 1. The van der Waals surface area contributed by atoms with Gasteiger partial charge < -0.3 is 25.0 Å². The Bertz CT molecular complexity index is 1070. The minimum Gasteiger partial charge on any atom is -0.444 e. The number of rotatable bonds is 6. The minimum absolute atomic E-state index is 0.0445. The summed E-state index contributed by atoms with van der Waals surface area (Å²) in [5, 5.41) is 6.47. The van der Waals surface area contributed by atoms with Crippen LogP contribution in [0.5, 0.6) is 0 Å². The van der Waals surface area contributed by atoms with Crippen molar-refractivity contribution in [2.75, 3.05) is 50.0 Å². The van der Waals surface area contributed by atoms with Crippen molar-refractivity contribution >= 4 is 34.2 Å². The molecule has 0 aliphatic carbocycles. The third-order valence-corrected chi connectivity index (χ3v) is 6.80. The van der Waals surface area contributed by atoms with Gasteiger partial charge in [-0.3, -0.25) is 4.90 Å². The smallest absolute Gasteiger partial charge is 0.427 e. The summed E-state index contributed by atoms with van der Waals surface area (Å²) in [5.74, 6) is 0.980. The van der Waals surface area contributed by atoms with Crippen molar-refractivity contribution in [3.63, 3.8) is 0 Å². The number of hydrogen-bond donors (Lipinski definition) is 2. The molecule has 204 valence electrons. The molecule has 0 saturated carbocycles. The molecule has 4 rings (SSSR count). The number of halogens is 3. The predicted octanol–water partition coefficient (Wildman–Crippen LogP) is 4.94. The summed E-state index contributed by atoms with van der Waals surface area (Å²) < 4.78 is 50.1. The Balaban J connectivity index is 1.50. The van der Waals surface area contributed by atoms with E-state index in [0.717, 1.165) is 37.7 Å². The Morgan fingerprint density at radius 1 is 1.19 bits per heavy atom. The number of nitrogens with zero attached hydrogens (tertiary/aromatic N) is 4. The zero-order chi connectivity index (χ0) is 26.6. The van der Waals surface area contributed by atoms with E-state index in [0.29, 0.717) is 55.8 Å². The van der Waals surface area contributed by atoms with Crippen LogP contribution in [0.4, 0.5) is 34.7 Å². The maximum atomic E-state index is 13.0. The fraction of sp³-hybridized carbons (Fsp3) is 0.625. The molecule has 37 heavy (non-hydrogen) atoms. The molecule has 2 saturated heterocycles. The molecule has 9 nitrogen and oxygen atoms in total. The molecule has 1 atom stereocenters. The van der Waals surface area contributed by atoms with Crippen LogP contribution in [0.15, 0.2) is 18.3 Å². The van der Waals surface area contributed by atoms with Gasteiger partial charge in [-0.15, -0.1) is 0 Å². The normalized spacial score (nSPS) is 19.5. The molecule has 2 aromatic heterocycles. The molecule has 0 aromatic carbocycles. The number of aromatic nitrogens is 2. The van der Waals surface area contributed by atoms with Crippen molar-refractivity contribution in [3.8, 4) is 0 Å². The summed E-state index contributed by atoms with van der Waals surface area (Å²) in [6, 6.07) is 3.72. The van der Waals surface area contributed by atoms with Crippen molar-refractivity contribution in [2.45, 2.75) is 58.0 Å². The Hall–Kier alpha value is -2.64. The van der Waals surface area contributed by atoms with Gasteiger partial charge in [-0.25, -0.2) is 14.8 Å². The first kappa shape index (κ1) is 27.4. The SMILES string of the molecule is CC(C)(C)OC(=O)N1CCC[C@H](Nc2cc(CN3CCOCC3)cc(Nc3ncc(C(F)(F)F)s3)n2)C1. The van der Waals surface area contributed by atoms with Crippen LogP contribution in [0.2, 0.25) is 0 Å². The van der Waals surface area contributed by atoms with Crippen LogP contribution < -0.4 is 10.6 Å². The number of carbonyl (C=O) groups is 1. The Morgan fingerprint density at radius 2 is 1.92 bits per heavy atom. The van der Waals surface area contributed by atoms with Crippen molar-refractivity contribution < 1.29 is 27.4 Å². The standard InChI is InChI=1S/C24H33F3N6O3S/c1-23(2,3)36-22(34)33-6-4-5-17(15-33)29-19-11-16(14-32-7-9-35-10-8-32)12-20(30-19)31-21-28-13-18(37-21)24(25,26)27/h11-13,17H,4-10,14-15H2,1-3H3,(H2,28,29,30,31)/t17-/m0/s1. The second-order valence-electron chi connectivity index (χ2n) is 10.2. The maximum absolute atomic E-state index is 13.0. The van der Waals surface area contributed by atoms with E-state index in [4.69, 9.17) is 9.47 Å². The van der Waals surface area contributed by atoms with Crippen LogP contribution in [0, 0.1) is 0 Å². The highest BCUT2D eigenvalue weighted by atomic mass is 32.1. The third kappa shape index (κ3) is 8.17. The van der Waals surface area contributed by atoms with Gasteiger partial charge in [-0.05, 0) is 51.3 Å². The minimum atomic E-state index is -4.45. The number of pyridine rings is 1. The lowest BCUT2D eigenvalue weighted by molar-refractivity contribution is -0.134. The fourth-order valence-electron chi connectivity index (χ4n) is 4.20. The van der Waals surface area contributed by atoms with Crippen LogP contribution >= 0.6 is 11.3 Å². The molecular weight excluding hydrogens is 509 g/mol. The van der Waals surface area contributed by atoms with Gasteiger partial charge in [0.2, 0.25) is 0 Å². The average Bonchev–Trinajstić information content (AvgIpc) is 3.28. The van der Waals surface area contributed by atoms with Crippen molar-refractivity contribution in [1.29, 1.82) is 0 Å². The monoisotopic (exact) mass is 542 g/mol. The predicted molar refractivity (Wildman–Crippen MR) is 135 cm³/mol. The van der Waals surface area contributed by atoms with E-state index in [1.165, 1.54) is 0 Å². The van der Waals surface area contributed by atoms with Gasteiger partial charge in [0.25, 0.3) is 0 Å². The highest BCUT2D eigenvalue weighted by Gasteiger charge is 2.33. The lowest BCUT2D eigenvalue weighted by Crippen LogP contribution is -2.47. The summed E-state index contributed by atoms with van der Waals surface area (Å²) in [6.07, 6.45) is -2.32. The second kappa shape index (κ2) is 11.4. The molecule has 2 fully saturated rings. The van der Waals surface area contributed by atoms with Crippen molar-refractivity contribution in [1.82, 2.24) is 19.8 Å². The van der Waals surface area contributed by atoms with Crippen LogP contribution in [0.1, 0.15) is 44.1 Å². The number of hydrogen-bond acceptors (Lipinski definition) is 9. The summed E-state index contributed by atoms with van der Waals surface area (Å²) in [6.45, 7) is 10.1. The zero-order valence-electron chi connectivity index (χ0n) is 21.2.